The first-order valence-electron chi connectivity index (χ1n) is 9.29. The molecule has 3 nitrogen and oxygen atoms in total. The normalized spacial score (nSPS) is 23.2. The van der Waals surface area contributed by atoms with Crippen molar-refractivity contribution in [1.82, 2.24) is 0 Å². The lowest BCUT2D eigenvalue weighted by atomic mass is 9.76. The molecule has 2 aliphatic rings. The number of Topliss-reactive ketones (excluding diaryl/α,β-unsaturated/α-hetero) is 1. The number of nitrogens with zero attached hydrogens (tertiary/aromatic N) is 1. The number of benzene rings is 2. The molecule has 2 aromatic carbocycles. The van der Waals surface area contributed by atoms with Gasteiger partial charge in [0.15, 0.2) is 0 Å². The number of carbonyl (C=O) groups is 1. The number of rotatable bonds is 3. The monoisotopic (exact) mass is 335 g/mol. The van der Waals surface area contributed by atoms with Crippen LogP contribution in [0.4, 0.5) is 5.69 Å². The van der Waals surface area contributed by atoms with Gasteiger partial charge in [0.05, 0.1) is 13.2 Å². The van der Waals surface area contributed by atoms with Crippen LogP contribution < -0.4 is 9.64 Å². The molecule has 2 aromatic rings. The van der Waals surface area contributed by atoms with Gasteiger partial charge in [-0.2, -0.15) is 0 Å². The Kier molecular flexibility index (Phi) is 4.48. The molecule has 1 aliphatic carbocycles. The third-order valence-corrected chi connectivity index (χ3v) is 5.72. The highest BCUT2D eigenvalue weighted by Gasteiger charge is 2.38. The van der Waals surface area contributed by atoms with E-state index in [0.29, 0.717) is 5.78 Å². The van der Waals surface area contributed by atoms with Crippen molar-refractivity contribution in [2.45, 2.75) is 38.1 Å². The van der Waals surface area contributed by atoms with E-state index in [1.54, 1.807) is 7.11 Å². The van der Waals surface area contributed by atoms with Crippen LogP contribution in [0.25, 0.3) is 0 Å². The lowest BCUT2D eigenvalue weighted by Gasteiger charge is -2.43. The summed E-state index contributed by atoms with van der Waals surface area (Å²) >= 11 is 0. The van der Waals surface area contributed by atoms with Crippen LogP contribution in [0.2, 0.25) is 0 Å². The maximum Gasteiger partial charge on any atom is 0.138 e. The molecule has 130 valence electrons. The van der Waals surface area contributed by atoms with Gasteiger partial charge in [0.1, 0.15) is 11.5 Å². The first-order chi connectivity index (χ1) is 12.3. The molecule has 0 bridgehead atoms. The number of carbonyl (C=O) groups excluding carboxylic acids is 1. The molecule has 4 rings (SSSR count). The number of hydrogen-bond acceptors (Lipinski definition) is 3. The predicted molar refractivity (Wildman–Crippen MR) is 100 cm³/mol. The molecule has 0 radical (unpaired) electrons. The number of ketones is 1. The maximum atomic E-state index is 12.7. The zero-order valence-corrected chi connectivity index (χ0v) is 14.8. The van der Waals surface area contributed by atoms with Crippen LogP contribution >= 0.6 is 0 Å². The predicted octanol–water partition coefficient (Wildman–Crippen LogP) is 4.56. The molecule has 3 heteroatoms. The summed E-state index contributed by atoms with van der Waals surface area (Å²) in [6.45, 7) is 0.956. The minimum absolute atomic E-state index is 0.109. The topological polar surface area (TPSA) is 29.5 Å². The smallest absolute Gasteiger partial charge is 0.138 e. The van der Waals surface area contributed by atoms with Gasteiger partial charge >= 0.3 is 0 Å². The lowest BCUT2D eigenvalue weighted by Crippen LogP contribution is -2.42. The van der Waals surface area contributed by atoms with Gasteiger partial charge in [-0.05, 0) is 54.7 Å². The standard InChI is InChI=1S/C22H25NO2/c1-25-18-12-10-17(11-13-18)23-15-14-16-6-2-3-7-19(16)22(23)20-8-4-5-9-21(20)24/h2-3,6-7,10-13,20,22H,4-5,8-9,14-15H2,1H3/t20-,22-/m1/s1. The van der Waals surface area contributed by atoms with Crippen molar-refractivity contribution in [3.63, 3.8) is 0 Å². The van der Waals surface area contributed by atoms with E-state index in [-0.39, 0.29) is 12.0 Å². The van der Waals surface area contributed by atoms with Crippen molar-refractivity contribution in [2.75, 3.05) is 18.6 Å². The molecule has 0 spiro atoms. The molecule has 0 unspecified atom stereocenters. The van der Waals surface area contributed by atoms with Gasteiger partial charge in [0.25, 0.3) is 0 Å². The van der Waals surface area contributed by atoms with Gasteiger partial charge in [-0.3, -0.25) is 4.79 Å². The Balaban J connectivity index is 1.75. The van der Waals surface area contributed by atoms with Crippen molar-refractivity contribution >= 4 is 11.5 Å². The minimum Gasteiger partial charge on any atom is -0.497 e. The van der Waals surface area contributed by atoms with E-state index in [4.69, 9.17) is 4.74 Å². The molecule has 25 heavy (non-hydrogen) atoms. The van der Waals surface area contributed by atoms with Crippen LogP contribution in [-0.4, -0.2) is 19.4 Å². The molecule has 0 aromatic heterocycles. The molecule has 2 atom stereocenters. The summed E-state index contributed by atoms with van der Waals surface area (Å²) in [5, 5.41) is 0. The highest BCUT2D eigenvalue weighted by atomic mass is 16.5. The maximum absolute atomic E-state index is 12.7. The van der Waals surface area contributed by atoms with Crippen LogP contribution in [-0.2, 0) is 11.2 Å². The average molecular weight is 335 g/mol. The Bertz CT molecular complexity index is 753. The lowest BCUT2D eigenvalue weighted by molar-refractivity contribution is -0.125. The van der Waals surface area contributed by atoms with E-state index >= 15 is 0 Å². The summed E-state index contributed by atoms with van der Waals surface area (Å²) in [5.41, 5.74) is 3.92. The van der Waals surface area contributed by atoms with Crippen LogP contribution in [0.3, 0.4) is 0 Å². The molecule has 1 saturated carbocycles. The fraction of sp³-hybridized carbons (Fsp3) is 0.409. The van der Waals surface area contributed by atoms with E-state index in [2.05, 4.69) is 41.3 Å². The molecule has 1 heterocycles. The third kappa shape index (κ3) is 3.04. The molecule has 0 N–H and O–H groups in total. The van der Waals surface area contributed by atoms with Crippen molar-refractivity contribution in [1.29, 1.82) is 0 Å². The Morgan fingerprint density at radius 3 is 2.56 bits per heavy atom. The summed E-state index contributed by atoms with van der Waals surface area (Å²) in [5.74, 6) is 1.41. The van der Waals surface area contributed by atoms with Crippen molar-refractivity contribution in [3.8, 4) is 5.75 Å². The molecule has 0 amide bonds. The van der Waals surface area contributed by atoms with Crippen LogP contribution in [0, 0.1) is 5.92 Å². The molecule has 0 saturated heterocycles. The minimum atomic E-state index is 0.109. The SMILES string of the molecule is COc1ccc(N2CCc3ccccc3[C@@H]2[C@@H]2CCCCC2=O)cc1. The Hall–Kier alpha value is -2.29. The Morgan fingerprint density at radius 1 is 1.00 bits per heavy atom. The summed E-state index contributed by atoms with van der Waals surface area (Å²) in [6, 6.07) is 17.1. The van der Waals surface area contributed by atoms with E-state index in [0.717, 1.165) is 44.4 Å². The van der Waals surface area contributed by atoms with Crippen LogP contribution in [0.1, 0.15) is 42.9 Å². The Morgan fingerprint density at radius 2 is 1.80 bits per heavy atom. The third-order valence-electron chi connectivity index (χ3n) is 5.72. The van der Waals surface area contributed by atoms with Gasteiger partial charge in [-0.1, -0.05) is 30.7 Å². The van der Waals surface area contributed by atoms with Gasteiger partial charge in [0, 0.05) is 24.6 Å². The number of anilines is 1. The first kappa shape index (κ1) is 16.2. The van der Waals surface area contributed by atoms with Crippen LogP contribution in [0.5, 0.6) is 5.75 Å². The second-order valence-corrected chi connectivity index (χ2v) is 7.10. The average Bonchev–Trinajstić information content (AvgIpc) is 2.68. The van der Waals surface area contributed by atoms with E-state index < -0.39 is 0 Å². The summed E-state index contributed by atoms with van der Waals surface area (Å²) < 4.78 is 5.30. The molecule has 1 fully saturated rings. The zero-order valence-electron chi connectivity index (χ0n) is 14.8. The Labute approximate surface area is 149 Å². The second kappa shape index (κ2) is 6.91. The number of methoxy groups -OCH3 is 1. The number of fused-ring (bicyclic) bond motifs is 1. The molecular formula is C22H25NO2. The first-order valence-corrected chi connectivity index (χ1v) is 9.29. The van der Waals surface area contributed by atoms with E-state index in [9.17, 15) is 4.79 Å². The summed E-state index contributed by atoms with van der Waals surface area (Å²) in [7, 11) is 1.69. The van der Waals surface area contributed by atoms with E-state index in [1.165, 1.54) is 16.8 Å². The highest BCUT2D eigenvalue weighted by molar-refractivity contribution is 5.83. The van der Waals surface area contributed by atoms with Crippen molar-refractivity contribution in [2.24, 2.45) is 5.92 Å². The second-order valence-electron chi connectivity index (χ2n) is 7.10. The van der Waals surface area contributed by atoms with Gasteiger partial charge in [-0.25, -0.2) is 0 Å². The summed E-state index contributed by atoms with van der Waals surface area (Å²) in [4.78, 5) is 15.2. The fourth-order valence-corrected chi connectivity index (χ4v) is 4.44. The molecule has 1 aliphatic heterocycles. The number of ether oxygens (including phenoxy) is 1. The van der Waals surface area contributed by atoms with Gasteiger partial charge in [-0.15, -0.1) is 0 Å². The van der Waals surface area contributed by atoms with Crippen molar-refractivity contribution < 1.29 is 9.53 Å². The quantitative estimate of drug-likeness (QED) is 0.823. The van der Waals surface area contributed by atoms with Gasteiger partial charge < -0.3 is 9.64 Å². The van der Waals surface area contributed by atoms with Crippen LogP contribution in [0.15, 0.2) is 48.5 Å². The largest absolute Gasteiger partial charge is 0.497 e. The molecular weight excluding hydrogens is 310 g/mol. The van der Waals surface area contributed by atoms with Crippen molar-refractivity contribution in [3.05, 3.63) is 59.7 Å². The number of hydrogen-bond donors (Lipinski definition) is 0. The van der Waals surface area contributed by atoms with E-state index in [1.807, 2.05) is 12.1 Å². The highest BCUT2D eigenvalue weighted by Crippen LogP contribution is 2.42. The van der Waals surface area contributed by atoms with Gasteiger partial charge in [0.2, 0.25) is 0 Å². The summed E-state index contributed by atoms with van der Waals surface area (Å²) in [6.07, 6.45) is 4.97. The zero-order chi connectivity index (χ0) is 17.2. The fourth-order valence-electron chi connectivity index (χ4n) is 4.44.